The molecular weight excluding hydrogens is 172 g/mol. The Kier molecular flexibility index (Phi) is 1.97. The van der Waals surface area contributed by atoms with E-state index in [4.69, 9.17) is 0 Å². The van der Waals surface area contributed by atoms with Crippen LogP contribution in [0.3, 0.4) is 0 Å². The summed E-state index contributed by atoms with van der Waals surface area (Å²) in [6.45, 7) is 1.83. The van der Waals surface area contributed by atoms with Crippen LogP contribution in [0.5, 0.6) is 0 Å². The van der Waals surface area contributed by atoms with Crippen molar-refractivity contribution in [1.29, 1.82) is 0 Å². The summed E-state index contributed by atoms with van der Waals surface area (Å²) < 4.78 is 0. The molecule has 2 rings (SSSR count). The number of nitrogens with zero attached hydrogens (tertiary/aromatic N) is 2. The first-order valence-electron chi connectivity index (χ1n) is 4.18. The third kappa shape index (κ3) is 1.52. The third-order valence-electron chi connectivity index (χ3n) is 2.26. The van der Waals surface area contributed by atoms with E-state index in [1.165, 1.54) is 6.07 Å². The van der Waals surface area contributed by atoms with Crippen LogP contribution < -0.4 is 5.32 Å². The zero-order chi connectivity index (χ0) is 9.26. The van der Waals surface area contributed by atoms with Crippen LogP contribution in [-0.4, -0.2) is 28.2 Å². The molecule has 13 heavy (non-hydrogen) atoms. The molecule has 0 amide bonds. The van der Waals surface area contributed by atoms with Gasteiger partial charge < -0.3 is 15.4 Å². The number of nitrogens with one attached hydrogen (secondary N) is 2. The second kappa shape index (κ2) is 3.14. The topological polar surface area (TPSA) is 83.8 Å². The van der Waals surface area contributed by atoms with E-state index < -0.39 is 4.92 Å². The van der Waals surface area contributed by atoms with Crippen molar-refractivity contribution in [2.24, 2.45) is 0 Å². The maximum Gasteiger partial charge on any atom is 0.342 e. The highest BCUT2D eigenvalue weighted by molar-refractivity contribution is 5.24. The van der Waals surface area contributed by atoms with Crippen LogP contribution in [0, 0.1) is 10.1 Å². The lowest BCUT2D eigenvalue weighted by Crippen LogP contribution is -2.08. The van der Waals surface area contributed by atoms with Crippen molar-refractivity contribution in [3.63, 3.8) is 0 Å². The molecule has 1 aromatic heterocycles. The van der Waals surface area contributed by atoms with Gasteiger partial charge in [-0.25, -0.2) is 0 Å². The van der Waals surface area contributed by atoms with Gasteiger partial charge >= 0.3 is 5.82 Å². The summed E-state index contributed by atoms with van der Waals surface area (Å²) in [6, 6.07) is 1.51. The Bertz CT molecular complexity index is 316. The summed E-state index contributed by atoms with van der Waals surface area (Å²) in [5.74, 6) is 0.298. The van der Waals surface area contributed by atoms with Crippen LogP contribution in [0.4, 0.5) is 5.82 Å². The van der Waals surface area contributed by atoms with Crippen molar-refractivity contribution in [3.8, 4) is 0 Å². The molecule has 0 bridgehead atoms. The standard InChI is InChI=1S/C7H10N4O2/c12-11(13)7-3-6(9-10-7)5-1-2-8-4-5/h3,5,8H,1-2,4H2,(H,9,10). The van der Waals surface area contributed by atoms with Gasteiger partial charge in [0.2, 0.25) is 0 Å². The highest BCUT2D eigenvalue weighted by Crippen LogP contribution is 2.22. The number of aromatic nitrogens is 2. The number of H-pyrrole nitrogens is 1. The lowest BCUT2D eigenvalue weighted by Gasteiger charge is -1.99. The summed E-state index contributed by atoms with van der Waals surface area (Å²) in [5, 5.41) is 19.9. The Morgan fingerprint density at radius 3 is 3.08 bits per heavy atom. The summed E-state index contributed by atoms with van der Waals surface area (Å²) in [7, 11) is 0. The Morgan fingerprint density at radius 1 is 1.69 bits per heavy atom. The SMILES string of the molecule is O=[N+]([O-])c1cc(C2CCNC2)n[nH]1. The first kappa shape index (κ1) is 8.18. The Hall–Kier alpha value is -1.43. The van der Waals surface area contributed by atoms with Crippen molar-refractivity contribution >= 4 is 5.82 Å². The molecule has 2 heterocycles. The zero-order valence-corrected chi connectivity index (χ0v) is 6.99. The van der Waals surface area contributed by atoms with E-state index in [2.05, 4.69) is 15.5 Å². The van der Waals surface area contributed by atoms with Gasteiger partial charge in [0, 0.05) is 12.5 Å². The second-order valence-electron chi connectivity index (χ2n) is 3.12. The molecule has 0 radical (unpaired) electrons. The largest absolute Gasteiger partial charge is 0.358 e. The van der Waals surface area contributed by atoms with Crippen molar-refractivity contribution in [2.75, 3.05) is 13.1 Å². The molecule has 0 aliphatic carbocycles. The molecular formula is C7H10N4O2. The van der Waals surface area contributed by atoms with E-state index >= 15 is 0 Å². The molecule has 1 aromatic rings. The van der Waals surface area contributed by atoms with Gasteiger partial charge in [0.05, 0.1) is 11.8 Å². The fourth-order valence-corrected chi connectivity index (χ4v) is 1.54. The number of hydrogen-bond donors (Lipinski definition) is 2. The van der Waals surface area contributed by atoms with E-state index in [-0.39, 0.29) is 5.82 Å². The lowest BCUT2D eigenvalue weighted by molar-refractivity contribution is -0.389. The fraction of sp³-hybridized carbons (Fsp3) is 0.571. The molecule has 6 nitrogen and oxygen atoms in total. The maximum atomic E-state index is 10.3. The predicted molar refractivity (Wildman–Crippen MR) is 45.5 cm³/mol. The van der Waals surface area contributed by atoms with Crippen LogP contribution in [0.15, 0.2) is 6.07 Å². The molecule has 2 N–H and O–H groups in total. The normalized spacial score (nSPS) is 22.0. The van der Waals surface area contributed by atoms with Crippen molar-refractivity contribution in [2.45, 2.75) is 12.3 Å². The predicted octanol–water partition coefficient (Wildman–Crippen LogP) is 0.395. The molecule has 1 fully saturated rings. The van der Waals surface area contributed by atoms with Gasteiger partial charge in [-0.3, -0.25) is 0 Å². The average Bonchev–Trinajstić information content (AvgIpc) is 2.75. The number of nitro groups is 1. The number of rotatable bonds is 2. The van der Waals surface area contributed by atoms with E-state index in [0.29, 0.717) is 5.92 Å². The molecule has 0 spiro atoms. The van der Waals surface area contributed by atoms with Gasteiger partial charge in [-0.1, -0.05) is 5.10 Å². The molecule has 1 atom stereocenters. The lowest BCUT2D eigenvalue weighted by atomic mass is 10.1. The van der Waals surface area contributed by atoms with E-state index in [9.17, 15) is 10.1 Å². The van der Waals surface area contributed by atoms with Crippen molar-refractivity contribution < 1.29 is 4.92 Å². The van der Waals surface area contributed by atoms with Crippen LogP contribution in [0.2, 0.25) is 0 Å². The van der Waals surface area contributed by atoms with Gasteiger partial charge in [0.25, 0.3) is 0 Å². The molecule has 1 aliphatic heterocycles. The molecule has 0 saturated carbocycles. The quantitative estimate of drug-likeness (QED) is 0.512. The summed E-state index contributed by atoms with van der Waals surface area (Å²) in [4.78, 5) is 9.89. The van der Waals surface area contributed by atoms with Crippen LogP contribution in [0.25, 0.3) is 0 Å². The van der Waals surface area contributed by atoms with Crippen LogP contribution in [0.1, 0.15) is 18.0 Å². The first-order chi connectivity index (χ1) is 6.27. The second-order valence-corrected chi connectivity index (χ2v) is 3.12. The third-order valence-corrected chi connectivity index (χ3v) is 2.26. The molecule has 1 unspecified atom stereocenters. The molecule has 1 saturated heterocycles. The van der Waals surface area contributed by atoms with E-state index in [0.717, 1.165) is 25.2 Å². The fourth-order valence-electron chi connectivity index (χ4n) is 1.54. The van der Waals surface area contributed by atoms with Gasteiger partial charge in [-0.2, -0.15) is 0 Å². The zero-order valence-electron chi connectivity index (χ0n) is 6.99. The minimum absolute atomic E-state index is 0.0260. The van der Waals surface area contributed by atoms with Crippen LogP contribution in [-0.2, 0) is 0 Å². The van der Waals surface area contributed by atoms with Crippen molar-refractivity contribution in [3.05, 3.63) is 21.9 Å². The Balaban J connectivity index is 2.16. The summed E-state index contributed by atoms with van der Waals surface area (Å²) >= 11 is 0. The van der Waals surface area contributed by atoms with Gasteiger partial charge in [0.1, 0.15) is 0 Å². The smallest absolute Gasteiger partial charge is 0.342 e. The average molecular weight is 182 g/mol. The molecule has 0 aromatic carbocycles. The van der Waals surface area contributed by atoms with E-state index in [1.807, 2.05) is 0 Å². The summed E-state index contributed by atoms with van der Waals surface area (Å²) in [5.41, 5.74) is 0.789. The van der Waals surface area contributed by atoms with Crippen molar-refractivity contribution in [1.82, 2.24) is 15.5 Å². The molecule has 6 heteroatoms. The van der Waals surface area contributed by atoms with Gasteiger partial charge in [-0.15, -0.1) is 5.10 Å². The van der Waals surface area contributed by atoms with Gasteiger partial charge in [-0.05, 0) is 17.9 Å². The minimum Gasteiger partial charge on any atom is -0.358 e. The highest BCUT2D eigenvalue weighted by atomic mass is 16.6. The monoisotopic (exact) mass is 182 g/mol. The van der Waals surface area contributed by atoms with Crippen LogP contribution >= 0.6 is 0 Å². The first-order valence-corrected chi connectivity index (χ1v) is 4.18. The highest BCUT2D eigenvalue weighted by Gasteiger charge is 2.22. The minimum atomic E-state index is -0.459. The maximum absolute atomic E-state index is 10.3. The van der Waals surface area contributed by atoms with E-state index in [1.54, 1.807) is 0 Å². The Morgan fingerprint density at radius 2 is 2.54 bits per heavy atom. The number of aromatic amines is 1. The number of hydrogen-bond acceptors (Lipinski definition) is 4. The summed E-state index contributed by atoms with van der Waals surface area (Å²) in [6.07, 6.45) is 1.00. The molecule has 70 valence electrons. The Labute approximate surface area is 74.5 Å². The van der Waals surface area contributed by atoms with Gasteiger partial charge in [0.15, 0.2) is 0 Å². The molecule has 1 aliphatic rings.